The van der Waals surface area contributed by atoms with E-state index in [1.54, 1.807) is 18.3 Å². The topological polar surface area (TPSA) is 63.8 Å². The quantitative estimate of drug-likeness (QED) is 0.698. The monoisotopic (exact) mass is 270 g/mol. The van der Waals surface area contributed by atoms with Gasteiger partial charge in [0.05, 0.1) is 16.9 Å². The van der Waals surface area contributed by atoms with Crippen molar-refractivity contribution in [1.29, 1.82) is 0 Å². The van der Waals surface area contributed by atoms with Gasteiger partial charge < -0.3 is 11.1 Å². The summed E-state index contributed by atoms with van der Waals surface area (Å²) in [7, 11) is 0. The fraction of sp³-hybridized carbons (Fsp3) is 0. The lowest BCUT2D eigenvalue weighted by Gasteiger charge is -2.10. The standard InChI is InChI=1S/C14H11ClN4/c15-12-7-6-10(16)14(19-12)18-11-5-1-3-9-4-2-8-17-13(9)11/h1-8H,16H2,(H,18,19). The molecular weight excluding hydrogens is 260 g/mol. The SMILES string of the molecule is Nc1ccc(Cl)nc1Nc1cccc2cccnc12. The first-order valence-electron chi connectivity index (χ1n) is 5.77. The van der Waals surface area contributed by atoms with Crippen molar-refractivity contribution in [2.24, 2.45) is 0 Å². The predicted octanol–water partition coefficient (Wildman–Crippen LogP) is 3.61. The van der Waals surface area contributed by atoms with Crippen molar-refractivity contribution >= 4 is 39.7 Å². The molecule has 0 amide bonds. The number of halogens is 1. The Hall–Kier alpha value is -2.33. The van der Waals surface area contributed by atoms with E-state index < -0.39 is 0 Å². The van der Waals surface area contributed by atoms with Crippen molar-refractivity contribution in [2.75, 3.05) is 11.1 Å². The zero-order valence-corrected chi connectivity index (χ0v) is 10.7. The number of benzene rings is 1. The average molecular weight is 271 g/mol. The molecule has 3 N–H and O–H groups in total. The van der Waals surface area contributed by atoms with E-state index in [0.29, 0.717) is 16.7 Å². The molecule has 5 heteroatoms. The Bertz CT molecular complexity index is 737. The van der Waals surface area contributed by atoms with Crippen molar-refractivity contribution in [3.63, 3.8) is 0 Å². The zero-order chi connectivity index (χ0) is 13.2. The van der Waals surface area contributed by atoms with E-state index in [4.69, 9.17) is 17.3 Å². The van der Waals surface area contributed by atoms with Gasteiger partial charge in [0.2, 0.25) is 0 Å². The van der Waals surface area contributed by atoms with Gasteiger partial charge in [-0.1, -0.05) is 29.8 Å². The number of anilines is 3. The van der Waals surface area contributed by atoms with E-state index in [1.165, 1.54) is 0 Å². The lowest BCUT2D eigenvalue weighted by Crippen LogP contribution is -2.00. The first kappa shape index (κ1) is 11.7. The minimum absolute atomic E-state index is 0.393. The number of aromatic nitrogens is 2. The molecule has 0 unspecified atom stereocenters. The summed E-state index contributed by atoms with van der Waals surface area (Å²) < 4.78 is 0. The van der Waals surface area contributed by atoms with Gasteiger partial charge >= 0.3 is 0 Å². The number of nitrogen functional groups attached to an aromatic ring is 1. The molecule has 0 fully saturated rings. The van der Waals surface area contributed by atoms with E-state index in [-0.39, 0.29) is 0 Å². The lowest BCUT2D eigenvalue weighted by atomic mass is 10.2. The van der Waals surface area contributed by atoms with Gasteiger partial charge in [-0.05, 0) is 24.3 Å². The van der Waals surface area contributed by atoms with E-state index in [2.05, 4.69) is 15.3 Å². The fourth-order valence-corrected chi connectivity index (χ4v) is 2.03. The molecule has 0 aliphatic heterocycles. The summed E-state index contributed by atoms with van der Waals surface area (Å²) in [4.78, 5) is 8.54. The van der Waals surface area contributed by atoms with Gasteiger partial charge in [-0.3, -0.25) is 4.98 Å². The number of para-hydroxylation sites is 1. The smallest absolute Gasteiger partial charge is 0.155 e. The highest BCUT2D eigenvalue weighted by Gasteiger charge is 2.06. The van der Waals surface area contributed by atoms with E-state index in [1.807, 2.05) is 30.3 Å². The second kappa shape index (κ2) is 4.74. The molecule has 0 spiro atoms. The summed E-state index contributed by atoms with van der Waals surface area (Å²) in [6, 6.07) is 13.2. The van der Waals surface area contributed by atoms with Crippen LogP contribution in [0.15, 0.2) is 48.7 Å². The number of hydrogen-bond donors (Lipinski definition) is 2. The molecule has 0 radical (unpaired) electrons. The Morgan fingerprint density at radius 3 is 2.79 bits per heavy atom. The highest BCUT2D eigenvalue weighted by molar-refractivity contribution is 6.29. The van der Waals surface area contributed by atoms with Crippen molar-refractivity contribution in [2.45, 2.75) is 0 Å². The van der Waals surface area contributed by atoms with Crippen LogP contribution in [0.5, 0.6) is 0 Å². The Kier molecular flexibility index (Phi) is 2.93. The van der Waals surface area contributed by atoms with Gasteiger partial charge in [0.25, 0.3) is 0 Å². The maximum absolute atomic E-state index is 5.88. The molecule has 1 aromatic carbocycles. The van der Waals surface area contributed by atoms with Gasteiger partial charge in [0.15, 0.2) is 5.82 Å². The van der Waals surface area contributed by atoms with Gasteiger partial charge in [-0.15, -0.1) is 0 Å². The third-order valence-electron chi connectivity index (χ3n) is 2.78. The Morgan fingerprint density at radius 2 is 1.89 bits per heavy atom. The van der Waals surface area contributed by atoms with Crippen LogP contribution in [0.3, 0.4) is 0 Å². The van der Waals surface area contributed by atoms with Crippen LogP contribution in [0, 0.1) is 0 Å². The minimum Gasteiger partial charge on any atom is -0.396 e. The molecule has 0 saturated carbocycles. The number of fused-ring (bicyclic) bond motifs is 1. The average Bonchev–Trinajstić information content (AvgIpc) is 2.43. The normalized spacial score (nSPS) is 10.6. The lowest BCUT2D eigenvalue weighted by molar-refractivity contribution is 1.31. The third kappa shape index (κ3) is 2.30. The largest absolute Gasteiger partial charge is 0.396 e. The second-order valence-corrected chi connectivity index (χ2v) is 4.46. The van der Waals surface area contributed by atoms with E-state index >= 15 is 0 Å². The molecule has 0 atom stereocenters. The maximum Gasteiger partial charge on any atom is 0.155 e. The van der Waals surface area contributed by atoms with Crippen LogP contribution in [0.25, 0.3) is 10.9 Å². The van der Waals surface area contributed by atoms with Crippen LogP contribution in [-0.4, -0.2) is 9.97 Å². The second-order valence-electron chi connectivity index (χ2n) is 4.08. The maximum atomic E-state index is 5.88. The summed E-state index contributed by atoms with van der Waals surface area (Å²) >= 11 is 5.88. The van der Waals surface area contributed by atoms with Gasteiger partial charge in [-0.2, -0.15) is 0 Å². The van der Waals surface area contributed by atoms with E-state index in [0.717, 1.165) is 16.6 Å². The summed E-state index contributed by atoms with van der Waals surface area (Å²) in [5.74, 6) is 0.533. The number of nitrogens with zero attached hydrogens (tertiary/aromatic N) is 2. The highest BCUT2D eigenvalue weighted by atomic mass is 35.5. The van der Waals surface area contributed by atoms with E-state index in [9.17, 15) is 0 Å². The van der Waals surface area contributed by atoms with Crippen LogP contribution >= 0.6 is 11.6 Å². The highest BCUT2D eigenvalue weighted by Crippen LogP contribution is 2.27. The Labute approximate surface area is 115 Å². The summed E-state index contributed by atoms with van der Waals surface area (Å²) in [5.41, 5.74) is 8.13. The number of nitrogens with one attached hydrogen (secondary N) is 1. The molecule has 2 aromatic heterocycles. The van der Waals surface area contributed by atoms with Crippen molar-refractivity contribution in [3.8, 4) is 0 Å². The van der Waals surface area contributed by atoms with Gasteiger partial charge in [0, 0.05) is 11.6 Å². The molecule has 94 valence electrons. The van der Waals surface area contributed by atoms with Gasteiger partial charge in [0.1, 0.15) is 5.15 Å². The van der Waals surface area contributed by atoms with Crippen LogP contribution in [0.2, 0.25) is 5.15 Å². The molecule has 2 heterocycles. The summed E-state index contributed by atoms with van der Waals surface area (Å²) in [6.45, 7) is 0. The summed E-state index contributed by atoms with van der Waals surface area (Å²) in [6.07, 6.45) is 1.75. The Morgan fingerprint density at radius 1 is 1.05 bits per heavy atom. The fourth-order valence-electron chi connectivity index (χ4n) is 1.88. The minimum atomic E-state index is 0.393. The number of nitrogens with two attached hydrogens (primary N) is 1. The first-order valence-corrected chi connectivity index (χ1v) is 6.14. The molecule has 19 heavy (non-hydrogen) atoms. The molecule has 0 aliphatic rings. The Balaban J connectivity index is 2.08. The third-order valence-corrected chi connectivity index (χ3v) is 2.99. The molecule has 3 rings (SSSR count). The first-order chi connectivity index (χ1) is 9.24. The van der Waals surface area contributed by atoms with Crippen LogP contribution in [-0.2, 0) is 0 Å². The number of pyridine rings is 2. The number of hydrogen-bond acceptors (Lipinski definition) is 4. The summed E-state index contributed by atoms with van der Waals surface area (Å²) in [5, 5.41) is 4.62. The zero-order valence-electron chi connectivity index (χ0n) is 9.97. The van der Waals surface area contributed by atoms with Crippen LogP contribution in [0.1, 0.15) is 0 Å². The molecule has 0 bridgehead atoms. The van der Waals surface area contributed by atoms with Crippen molar-refractivity contribution in [1.82, 2.24) is 9.97 Å². The molecule has 3 aromatic rings. The molecule has 0 aliphatic carbocycles. The van der Waals surface area contributed by atoms with Crippen molar-refractivity contribution in [3.05, 3.63) is 53.8 Å². The van der Waals surface area contributed by atoms with Crippen molar-refractivity contribution < 1.29 is 0 Å². The molecular formula is C14H11ClN4. The van der Waals surface area contributed by atoms with Crippen LogP contribution in [0.4, 0.5) is 17.2 Å². The van der Waals surface area contributed by atoms with Gasteiger partial charge in [-0.25, -0.2) is 4.98 Å². The van der Waals surface area contributed by atoms with Crippen LogP contribution < -0.4 is 11.1 Å². The number of rotatable bonds is 2. The molecule has 0 saturated heterocycles. The molecule has 4 nitrogen and oxygen atoms in total. The predicted molar refractivity (Wildman–Crippen MR) is 78.7 cm³/mol.